The number of sulfonamides is 1. The van der Waals surface area contributed by atoms with Crippen LogP contribution in [-0.4, -0.2) is 24.7 Å². The molecule has 0 aromatic heterocycles. The summed E-state index contributed by atoms with van der Waals surface area (Å²) in [4.78, 5) is -0.0110. The first-order valence-corrected chi connectivity index (χ1v) is 5.53. The van der Waals surface area contributed by atoms with Crippen LogP contribution in [0.1, 0.15) is 20.8 Å². The summed E-state index contributed by atoms with van der Waals surface area (Å²) in [6.07, 6.45) is 0. The Morgan fingerprint density at radius 1 is 1.42 bits per heavy atom. The van der Waals surface area contributed by atoms with E-state index in [1.807, 2.05) is 0 Å². The van der Waals surface area contributed by atoms with Crippen LogP contribution in [0.15, 0.2) is 0 Å². The number of thiocarbonyl (C=S) groups is 1. The summed E-state index contributed by atoms with van der Waals surface area (Å²) in [5.41, 5.74) is 5.21. The van der Waals surface area contributed by atoms with Crippen LogP contribution in [0.3, 0.4) is 0 Å². The average molecular weight is 210 g/mol. The van der Waals surface area contributed by atoms with Gasteiger partial charge in [-0.2, -0.15) is 0 Å². The maximum atomic E-state index is 11.3. The van der Waals surface area contributed by atoms with Crippen molar-refractivity contribution in [2.75, 3.05) is 0 Å². The first-order valence-electron chi connectivity index (χ1n) is 3.58. The molecule has 0 aliphatic carbocycles. The predicted octanol–water partition coefficient (Wildman–Crippen LogP) is -0.0112. The third-order valence-electron chi connectivity index (χ3n) is 1.27. The molecule has 0 heterocycles. The molecule has 0 amide bonds. The Balaban J connectivity index is 4.52. The van der Waals surface area contributed by atoms with E-state index in [4.69, 9.17) is 5.73 Å². The number of nitrogens with two attached hydrogens (primary N) is 1. The lowest BCUT2D eigenvalue weighted by molar-refractivity contribution is 0.567. The third kappa shape index (κ3) is 3.46. The minimum atomic E-state index is -3.37. The van der Waals surface area contributed by atoms with Gasteiger partial charge in [0.15, 0.2) is 0 Å². The van der Waals surface area contributed by atoms with E-state index < -0.39 is 15.3 Å². The van der Waals surface area contributed by atoms with Gasteiger partial charge in [0.05, 0.1) is 4.99 Å². The molecule has 0 radical (unpaired) electrons. The fourth-order valence-electron chi connectivity index (χ4n) is 0.584. The van der Waals surface area contributed by atoms with Crippen LogP contribution in [0.4, 0.5) is 0 Å². The molecule has 0 spiro atoms. The monoisotopic (exact) mass is 210 g/mol. The van der Waals surface area contributed by atoms with Crippen LogP contribution in [0.25, 0.3) is 0 Å². The molecule has 1 atom stereocenters. The number of hydrogen-bond donors (Lipinski definition) is 2. The van der Waals surface area contributed by atoms with Gasteiger partial charge in [-0.25, -0.2) is 13.1 Å². The zero-order chi connectivity index (χ0) is 9.94. The van der Waals surface area contributed by atoms with Gasteiger partial charge in [-0.1, -0.05) is 12.2 Å². The molecule has 0 aromatic rings. The molecule has 0 saturated heterocycles. The van der Waals surface area contributed by atoms with Crippen LogP contribution in [-0.2, 0) is 10.0 Å². The molecule has 4 nitrogen and oxygen atoms in total. The van der Waals surface area contributed by atoms with E-state index >= 15 is 0 Å². The molecular weight excluding hydrogens is 196 g/mol. The van der Waals surface area contributed by atoms with Gasteiger partial charge in [-0.15, -0.1) is 0 Å². The maximum absolute atomic E-state index is 11.3. The van der Waals surface area contributed by atoms with Crippen molar-refractivity contribution in [2.45, 2.75) is 32.1 Å². The van der Waals surface area contributed by atoms with Crippen molar-refractivity contribution in [1.29, 1.82) is 0 Å². The summed E-state index contributed by atoms with van der Waals surface area (Å²) >= 11 is 4.58. The Kier molecular flexibility index (Phi) is 4.09. The molecule has 12 heavy (non-hydrogen) atoms. The molecule has 0 aromatic carbocycles. The van der Waals surface area contributed by atoms with E-state index in [0.717, 1.165) is 0 Å². The highest BCUT2D eigenvalue weighted by atomic mass is 32.2. The summed E-state index contributed by atoms with van der Waals surface area (Å²) in [6, 6.07) is -0.133. The number of nitrogens with one attached hydrogen (secondary N) is 1. The van der Waals surface area contributed by atoms with Gasteiger partial charge in [-0.05, 0) is 20.8 Å². The fraction of sp³-hybridized carbons (Fsp3) is 0.833. The lowest BCUT2D eigenvalue weighted by Gasteiger charge is -2.14. The highest BCUT2D eigenvalue weighted by Gasteiger charge is 2.23. The standard InChI is InChI=1S/C6H14N2O2S2/c1-4(2)8-12(9,10)5(3)6(7)11/h4-5,8H,1-3H3,(H2,7,11). The molecule has 3 N–H and O–H groups in total. The van der Waals surface area contributed by atoms with E-state index in [9.17, 15) is 8.42 Å². The second-order valence-corrected chi connectivity index (χ2v) is 5.37. The topological polar surface area (TPSA) is 72.2 Å². The minimum absolute atomic E-state index is 0.0110. The highest BCUT2D eigenvalue weighted by molar-refractivity contribution is 7.93. The van der Waals surface area contributed by atoms with Crippen LogP contribution in [0.5, 0.6) is 0 Å². The maximum Gasteiger partial charge on any atom is 0.220 e. The zero-order valence-electron chi connectivity index (χ0n) is 7.37. The number of hydrogen-bond acceptors (Lipinski definition) is 3. The average Bonchev–Trinajstić information content (AvgIpc) is 1.82. The smallest absolute Gasteiger partial charge is 0.220 e. The fourth-order valence-corrected chi connectivity index (χ4v) is 2.13. The Morgan fingerprint density at radius 3 is 2.08 bits per heavy atom. The van der Waals surface area contributed by atoms with Crippen molar-refractivity contribution >= 4 is 27.2 Å². The molecule has 72 valence electrons. The second kappa shape index (κ2) is 4.15. The van der Waals surface area contributed by atoms with Crippen LogP contribution < -0.4 is 10.5 Å². The van der Waals surface area contributed by atoms with Crippen molar-refractivity contribution < 1.29 is 8.42 Å². The molecule has 0 bridgehead atoms. The summed E-state index contributed by atoms with van der Waals surface area (Å²) < 4.78 is 25.0. The van der Waals surface area contributed by atoms with Gasteiger partial charge >= 0.3 is 0 Å². The zero-order valence-corrected chi connectivity index (χ0v) is 9.00. The quantitative estimate of drug-likeness (QED) is 0.640. The van der Waals surface area contributed by atoms with Gasteiger partial charge < -0.3 is 5.73 Å². The van der Waals surface area contributed by atoms with Crippen molar-refractivity contribution in [1.82, 2.24) is 4.72 Å². The number of rotatable bonds is 4. The predicted molar refractivity (Wildman–Crippen MR) is 53.4 cm³/mol. The van der Waals surface area contributed by atoms with Crippen LogP contribution in [0, 0.1) is 0 Å². The minimum Gasteiger partial charge on any atom is -0.392 e. The molecular formula is C6H14N2O2S2. The molecule has 6 heteroatoms. The van der Waals surface area contributed by atoms with E-state index in [-0.39, 0.29) is 11.0 Å². The van der Waals surface area contributed by atoms with E-state index in [0.29, 0.717) is 0 Å². The molecule has 1 unspecified atom stereocenters. The summed E-state index contributed by atoms with van der Waals surface area (Å²) in [6.45, 7) is 4.95. The Bertz CT molecular complexity index is 259. The van der Waals surface area contributed by atoms with Crippen LogP contribution in [0.2, 0.25) is 0 Å². The highest BCUT2D eigenvalue weighted by Crippen LogP contribution is 1.99. The molecule has 0 fully saturated rings. The normalized spacial score (nSPS) is 14.7. The van der Waals surface area contributed by atoms with Gasteiger partial charge in [0.2, 0.25) is 10.0 Å². The van der Waals surface area contributed by atoms with Crippen molar-refractivity contribution in [2.24, 2.45) is 5.73 Å². The van der Waals surface area contributed by atoms with E-state index in [2.05, 4.69) is 16.9 Å². The van der Waals surface area contributed by atoms with Crippen molar-refractivity contribution in [3.63, 3.8) is 0 Å². The lowest BCUT2D eigenvalue weighted by Crippen LogP contribution is -2.42. The lowest BCUT2D eigenvalue weighted by atomic mass is 10.4. The van der Waals surface area contributed by atoms with E-state index in [1.54, 1.807) is 13.8 Å². The second-order valence-electron chi connectivity index (χ2n) is 2.86. The van der Waals surface area contributed by atoms with Gasteiger partial charge in [0.25, 0.3) is 0 Å². The molecule has 0 aliphatic heterocycles. The Morgan fingerprint density at radius 2 is 1.83 bits per heavy atom. The third-order valence-corrected chi connectivity index (χ3v) is 3.75. The first kappa shape index (κ1) is 11.8. The largest absolute Gasteiger partial charge is 0.392 e. The van der Waals surface area contributed by atoms with Gasteiger partial charge in [0.1, 0.15) is 5.25 Å². The van der Waals surface area contributed by atoms with Gasteiger partial charge in [0, 0.05) is 6.04 Å². The van der Waals surface area contributed by atoms with Crippen molar-refractivity contribution in [3.8, 4) is 0 Å². The summed E-state index contributed by atoms with van der Waals surface area (Å²) in [5.74, 6) is 0. The Hall–Kier alpha value is -0.200. The SMILES string of the molecule is CC(C)NS(=O)(=O)C(C)C(N)=S. The summed E-state index contributed by atoms with van der Waals surface area (Å²) in [7, 11) is -3.37. The molecule has 0 aliphatic rings. The molecule has 0 saturated carbocycles. The van der Waals surface area contributed by atoms with Crippen LogP contribution >= 0.6 is 12.2 Å². The first-order chi connectivity index (χ1) is 5.27. The summed E-state index contributed by atoms with van der Waals surface area (Å²) in [5, 5.41) is -0.810. The molecule has 0 rings (SSSR count). The van der Waals surface area contributed by atoms with E-state index in [1.165, 1.54) is 6.92 Å². The Labute approximate surface area is 78.6 Å². The van der Waals surface area contributed by atoms with Gasteiger partial charge in [-0.3, -0.25) is 0 Å². The van der Waals surface area contributed by atoms with Crippen molar-refractivity contribution in [3.05, 3.63) is 0 Å².